The van der Waals surface area contributed by atoms with E-state index in [1.165, 1.54) is 0 Å². The van der Waals surface area contributed by atoms with E-state index in [2.05, 4.69) is 87.7 Å². The molecule has 8 bridgehead atoms. The van der Waals surface area contributed by atoms with Crippen molar-refractivity contribution < 1.29 is 28.5 Å². The van der Waals surface area contributed by atoms with Crippen LogP contribution in [-0.4, -0.2) is 76.2 Å². The van der Waals surface area contributed by atoms with Gasteiger partial charge < -0.3 is 28.7 Å². The third kappa shape index (κ3) is 10.4. The number of rotatable bonds is 16. The highest BCUT2D eigenvalue weighted by Crippen LogP contribution is 2.40. The van der Waals surface area contributed by atoms with Crippen LogP contribution in [0, 0.1) is 0 Å². The van der Waals surface area contributed by atoms with Crippen molar-refractivity contribution in [2.45, 2.75) is 65.2 Å². The fourth-order valence-electron chi connectivity index (χ4n) is 7.08. The predicted octanol–water partition coefficient (Wildman–Crippen LogP) is 8.33. The van der Waals surface area contributed by atoms with Crippen LogP contribution in [-0.2, 0) is 48.1 Å². The number of hydrogen-bond donors (Lipinski definition) is 0. The van der Waals surface area contributed by atoms with Crippen molar-refractivity contribution in [3.8, 4) is 23.0 Å². The molecule has 0 aliphatic heterocycles. The number of nitrogens with zero attached hydrogens (tertiary/aromatic N) is 2. The Morgan fingerprint density at radius 1 is 0.536 bits per heavy atom. The molecule has 0 atom stereocenters. The number of ether oxygens (including phenoxy) is 4. The smallest absolute Gasteiger partial charge is 0.259 e. The van der Waals surface area contributed by atoms with Crippen molar-refractivity contribution in [1.82, 2.24) is 9.80 Å². The molecule has 1 aliphatic carbocycles. The van der Waals surface area contributed by atoms with Crippen LogP contribution in [0.5, 0.6) is 23.0 Å². The number of fused-ring (bicyclic) bond motifs is 8. The van der Waals surface area contributed by atoms with Crippen LogP contribution in [0.3, 0.4) is 0 Å². The van der Waals surface area contributed by atoms with Crippen molar-refractivity contribution in [2.24, 2.45) is 0 Å². The summed E-state index contributed by atoms with van der Waals surface area (Å²) in [4.78, 5) is 29.1. The summed E-state index contributed by atoms with van der Waals surface area (Å²) in [5.41, 5.74) is 10.1. The number of carbonyl (C=O) groups is 2. The van der Waals surface area contributed by atoms with Crippen molar-refractivity contribution in [3.63, 3.8) is 0 Å². The molecule has 0 aromatic heterocycles. The molecule has 8 nitrogen and oxygen atoms in total. The molecular weight excluding hydrogens is 701 g/mol. The maximum Gasteiger partial charge on any atom is 0.259 e. The van der Waals surface area contributed by atoms with E-state index < -0.39 is 0 Å². The van der Waals surface area contributed by atoms with Crippen LogP contribution in [0.1, 0.15) is 82.3 Å². The fourth-order valence-corrected chi connectivity index (χ4v) is 7.08. The molecule has 0 unspecified atom stereocenters. The maximum absolute atomic E-state index is 13.0. The second-order valence-electron chi connectivity index (χ2n) is 14.8. The van der Waals surface area contributed by atoms with Crippen LogP contribution in [0.2, 0.25) is 0 Å². The Bertz CT molecular complexity index is 1790. The molecule has 0 saturated carbocycles. The quantitative estimate of drug-likeness (QED) is 0.0943. The first-order chi connectivity index (χ1) is 27.1. The van der Waals surface area contributed by atoms with Gasteiger partial charge in [0, 0.05) is 53.9 Å². The predicted molar refractivity (Wildman–Crippen MR) is 225 cm³/mol. The van der Waals surface area contributed by atoms with Crippen LogP contribution in [0.25, 0.3) is 0 Å². The van der Waals surface area contributed by atoms with Gasteiger partial charge in [-0.3, -0.25) is 9.59 Å². The Morgan fingerprint density at radius 3 is 1.11 bits per heavy atom. The van der Waals surface area contributed by atoms with Gasteiger partial charge in [-0.15, -0.1) is 13.2 Å². The zero-order valence-electron chi connectivity index (χ0n) is 34.2. The van der Waals surface area contributed by atoms with Gasteiger partial charge in [0.1, 0.15) is 23.0 Å². The third-order valence-corrected chi connectivity index (χ3v) is 9.82. The fraction of sp³-hybridized carbons (Fsp3) is 0.375. The summed E-state index contributed by atoms with van der Waals surface area (Å²) in [6.07, 6.45) is 8.91. The van der Waals surface area contributed by atoms with Crippen molar-refractivity contribution in [1.29, 1.82) is 0 Å². The van der Waals surface area contributed by atoms with Gasteiger partial charge in [0.15, 0.2) is 13.2 Å². The zero-order chi connectivity index (χ0) is 40.2. The molecule has 0 N–H and O–H groups in total. The molecule has 4 aromatic carbocycles. The van der Waals surface area contributed by atoms with Gasteiger partial charge in [-0.25, -0.2) is 0 Å². The molecule has 0 fully saturated rings. The Morgan fingerprint density at radius 2 is 0.839 bits per heavy atom. The normalized spacial score (nSPS) is 12.0. The SMILES string of the molecule is C=CCc1cc2c(OCC(=O)N(C)C)c(c1)Cc1cccc(c1OCCC)Cc1cc(CC=C)cc(c1OCC(=O)N(C)C)Cc1cccc(c1OCCC)C2. The maximum atomic E-state index is 13.0. The average molecular weight is 759 g/mol. The molecular formula is C48H58N2O6. The second-order valence-corrected chi connectivity index (χ2v) is 14.8. The molecule has 2 amide bonds. The number of likely N-dealkylation sites (N-methyl/N-ethyl adjacent to an activating group) is 2. The summed E-state index contributed by atoms with van der Waals surface area (Å²) in [5.74, 6) is 2.78. The number of hydrogen-bond acceptors (Lipinski definition) is 6. The molecule has 5 rings (SSSR count). The van der Waals surface area contributed by atoms with Gasteiger partial charge in [-0.05, 0) is 81.3 Å². The monoisotopic (exact) mass is 758 g/mol. The lowest BCUT2D eigenvalue weighted by Gasteiger charge is -2.24. The minimum absolute atomic E-state index is 0.0902. The molecule has 56 heavy (non-hydrogen) atoms. The summed E-state index contributed by atoms with van der Waals surface area (Å²) in [6.45, 7) is 13.2. The Hall–Kier alpha value is -5.50. The lowest BCUT2D eigenvalue weighted by molar-refractivity contribution is -0.131. The van der Waals surface area contributed by atoms with Crippen LogP contribution >= 0.6 is 0 Å². The largest absolute Gasteiger partial charge is 0.493 e. The first kappa shape index (κ1) is 41.7. The summed E-state index contributed by atoms with van der Waals surface area (Å²) >= 11 is 0. The van der Waals surface area contributed by atoms with Crippen LogP contribution in [0.4, 0.5) is 0 Å². The summed E-state index contributed by atoms with van der Waals surface area (Å²) in [7, 11) is 6.96. The molecule has 0 radical (unpaired) electrons. The second kappa shape index (κ2) is 19.9. The first-order valence-corrected chi connectivity index (χ1v) is 19.7. The minimum Gasteiger partial charge on any atom is -0.493 e. The zero-order valence-corrected chi connectivity index (χ0v) is 34.2. The molecule has 8 heteroatoms. The van der Waals surface area contributed by atoms with E-state index in [1.54, 1.807) is 38.0 Å². The summed E-state index contributed by atoms with van der Waals surface area (Å²) < 4.78 is 26.4. The van der Waals surface area contributed by atoms with Gasteiger partial charge in [-0.1, -0.05) is 86.7 Å². The Kier molecular flexibility index (Phi) is 14.8. The van der Waals surface area contributed by atoms with Gasteiger partial charge >= 0.3 is 0 Å². The molecule has 1 aliphatic rings. The molecule has 0 spiro atoms. The van der Waals surface area contributed by atoms with Gasteiger partial charge in [-0.2, -0.15) is 0 Å². The number of carbonyl (C=O) groups excluding carboxylic acids is 2. The molecule has 4 aromatic rings. The lowest BCUT2D eigenvalue weighted by Crippen LogP contribution is -2.28. The van der Waals surface area contributed by atoms with Crippen LogP contribution < -0.4 is 18.9 Å². The minimum atomic E-state index is -0.121. The molecule has 0 heterocycles. The van der Waals surface area contributed by atoms with E-state index in [1.807, 2.05) is 12.2 Å². The number of benzene rings is 4. The molecule has 296 valence electrons. The lowest BCUT2D eigenvalue weighted by atomic mass is 9.89. The van der Waals surface area contributed by atoms with E-state index in [9.17, 15) is 9.59 Å². The highest BCUT2D eigenvalue weighted by atomic mass is 16.5. The van der Waals surface area contributed by atoms with E-state index >= 15 is 0 Å². The number of amides is 2. The van der Waals surface area contributed by atoms with E-state index in [0.717, 1.165) is 80.0 Å². The van der Waals surface area contributed by atoms with Crippen molar-refractivity contribution in [2.75, 3.05) is 54.6 Å². The standard InChI is InChI=1S/C48H58N2O6/c1-9-15-33-23-39-27-35-17-13-19-37(45(35)53-21-11-3)29-41-25-34(16-10-2)26-42(48(41)56-32-44(52)50(7)8)30-38-20-14-18-36(46(38)54-22-12-4)28-40(24-33)47(39)55-31-43(51)49(5)6/h9-10,13-14,17-20,23-26H,1-2,11-12,15-16,21-22,27-32H2,3-8H3. The van der Waals surface area contributed by atoms with Crippen molar-refractivity contribution in [3.05, 3.63) is 142 Å². The van der Waals surface area contributed by atoms with Gasteiger partial charge in [0.25, 0.3) is 11.8 Å². The van der Waals surface area contributed by atoms with E-state index in [4.69, 9.17) is 18.9 Å². The highest BCUT2D eigenvalue weighted by Gasteiger charge is 2.24. The first-order valence-electron chi connectivity index (χ1n) is 19.7. The summed E-state index contributed by atoms with van der Waals surface area (Å²) in [6, 6.07) is 21.3. The van der Waals surface area contributed by atoms with Crippen molar-refractivity contribution >= 4 is 11.8 Å². The van der Waals surface area contributed by atoms with Gasteiger partial charge in [0.05, 0.1) is 13.2 Å². The van der Waals surface area contributed by atoms with Gasteiger partial charge in [0.2, 0.25) is 0 Å². The molecule has 0 saturated heterocycles. The third-order valence-electron chi connectivity index (χ3n) is 9.82. The van der Waals surface area contributed by atoms with E-state index in [-0.39, 0.29) is 25.0 Å². The topological polar surface area (TPSA) is 77.5 Å². The van der Waals surface area contributed by atoms with Crippen LogP contribution in [0.15, 0.2) is 86.0 Å². The average Bonchev–Trinajstić information content (AvgIpc) is 3.16. The number of allylic oxidation sites excluding steroid dienone is 2. The number of para-hydroxylation sites is 2. The Balaban J connectivity index is 1.83. The Labute approximate surface area is 333 Å². The van der Waals surface area contributed by atoms with E-state index in [0.29, 0.717) is 63.2 Å². The summed E-state index contributed by atoms with van der Waals surface area (Å²) in [5, 5.41) is 0. The highest BCUT2D eigenvalue weighted by molar-refractivity contribution is 5.78.